The molecule has 0 radical (unpaired) electrons. The van der Waals surface area contributed by atoms with E-state index in [1.807, 2.05) is 12.1 Å². The Bertz CT molecular complexity index is 544. The van der Waals surface area contributed by atoms with Gasteiger partial charge in [-0.3, -0.25) is 0 Å². The van der Waals surface area contributed by atoms with Crippen LogP contribution in [0, 0.1) is 0 Å². The van der Waals surface area contributed by atoms with Crippen molar-refractivity contribution in [3.8, 4) is 11.6 Å². The Kier molecular flexibility index (Phi) is 4.28. The van der Waals surface area contributed by atoms with Gasteiger partial charge in [-0.05, 0) is 35.6 Å². The number of nitrogens with zero attached hydrogens (tertiary/aromatic N) is 1. The fraction of sp³-hybridized carbons (Fsp3) is 0.353. The van der Waals surface area contributed by atoms with E-state index in [1.165, 1.54) is 18.4 Å². The molecule has 3 nitrogen and oxygen atoms in total. The molecule has 1 aromatic carbocycles. The molecule has 0 saturated carbocycles. The summed E-state index contributed by atoms with van der Waals surface area (Å²) in [6.07, 6.45) is 3.95. The highest BCUT2D eigenvalue weighted by Crippen LogP contribution is 2.30. The third-order valence-corrected chi connectivity index (χ3v) is 3.49. The molecule has 2 rings (SSSR count). The topological polar surface area (TPSA) is 48.1 Å². The summed E-state index contributed by atoms with van der Waals surface area (Å²) in [5, 5.41) is 0. The Morgan fingerprint density at radius 1 is 1.10 bits per heavy atom. The van der Waals surface area contributed by atoms with Crippen molar-refractivity contribution in [1.82, 2.24) is 4.98 Å². The average Bonchev–Trinajstić information content (AvgIpc) is 2.42. The highest BCUT2D eigenvalue weighted by molar-refractivity contribution is 5.38. The second-order valence-corrected chi connectivity index (χ2v) is 5.69. The molecule has 0 aliphatic carbocycles. The molecule has 2 aromatic rings. The number of hydrogen-bond donors (Lipinski definition) is 1. The highest BCUT2D eigenvalue weighted by atomic mass is 16.5. The molecule has 0 unspecified atom stereocenters. The van der Waals surface area contributed by atoms with Gasteiger partial charge < -0.3 is 10.5 Å². The molecule has 0 bridgehead atoms. The van der Waals surface area contributed by atoms with Gasteiger partial charge in [0.1, 0.15) is 5.75 Å². The number of nitrogen functional groups attached to an aromatic ring is 1. The van der Waals surface area contributed by atoms with Crippen LogP contribution in [0.15, 0.2) is 42.6 Å². The minimum Gasteiger partial charge on any atom is -0.439 e. The van der Waals surface area contributed by atoms with E-state index >= 15 is 0 Å². The monoisotopic (exact) mass is 270 g/mol. The first-order valence-corrected chi connectivity index (χ1v) is 7.01. The van der Waals surface area contributed by atoms with Crippen LogP contribution in [0.4, 0.5) is 5.69 Å². The fourth-order valence-electron chi connectivity index (χ4n) is 2.32. The smallest absolute Gasteiger partial charge is 0.219 e. The number of ether oxygens (including phenoxy) is 1. The maximum atomic E-state index is 5.69. The van der Waals surface area contributed by atoms with Crippen LogP contribution in [0.25, 0.3) is 0 Å². The van der Waals surface area contributed by atoms with Gasteiger partial charge in [0.05, 0.1) is 11.9 Å². The molecule has 0 fully saturated rings. The van der Waals surface area contributed by atoms with Crippen LogP contribution >= 0.6 is 0 Å². The van der Waals surface area contributed by atoms with E-state index in [4.69, 9.17) is 10.5 Å². The first-order chi connectivity index (χ1) is 9.51. The van der Waals surface area contributed by atoms with Crippen LogP contribution < -0.4 is 10.5 Å². The molecular weight excluding hydrogens is 248 g/mol. The van der Waals surface area contributed by atoms with Crippen LogP contribution in [0.3, 0.4) is 0 Å². The molecule has 2 N–H and O–H groups in total. The SMILES string of the molecule is CCCC(C)(C)c1ccc(Oc2ccc(N)cn2)cc1. The van der Waals surface area contributed by atoms with Crippen LogP contribution in [0.2, 0.25) is 0 Å². The van der Waals surface area contributed by atoms with Crippen LogP contribution in [0.1, 0.15) is 39.2 Å². The Balaban J connectivity index is 2.10. The second kappa shape index (κ2) is 5.95. The first-order valence-electron chi connectivity index (χ1n) is 7.01. The standard InChI is InChI=1S/C17H22N2O/c1-4-11-17(2,3)13-5-8-15(9-6-13)20-16-10-7-14(18)12-19-16/h5-10,12H,4,11,18H2,1-3H3. The number of hydrogen-bond acceptors (Lipinski definition) is 3. The maximum absolute atomic E-state index is 5.69. The zero-order valence-corrected chi connectivity index (χ0v) is 12.4. The molecule has 0 spiro atoms. The first kappa shape index (κ1) is 14.4. The normalized spacial score (nSPS) is 11.3. The summed E-state index contributed by atoms with van der Waals surface area (Å²) in [5.41, 5.74) is 7.76. The van der Waals surface area contributed by atoms with Crippen molar-refractivity contribution in [3.05, 3.63) is 48.2 Å². The largest absolute Gasteiger partial charge is 0.439 e. The van der Waals surface area contributed by atoms with Crippen LogP contribution in [-0.4, -0.2) is 4.98 Å². The summed E-state index contributed by atoms with van der Waals surface area (Å²) in [4.78, 5) is 4.13. The third-order valence-electron chi connectivity index (χ3n) is 3.49. The number of anilines is 1. The lowest BCUT2D eigenvalue weighted by atomic mass is 9.81. The Morgan fingerprint density at radius 2 is 1.80 bits per heavy atom. The number of nitrogens with two attached hydrogens (primary N) is 1. The quantitative estimate of drug-likeness (QED) is 0.868. The van der Waals surface area contributed by atoms with E-state index < -0.39 is 0 Å². The van der Waals surface area contributed by atoms with Gasteiger partial charge >= 0.3 is 0 Å². The fourth-order valence-corrected chi connectivity index (χ4v) is 2.32. The molecule has 0 aliphatic heterocycles. The average molecular weight is 270 g/mol. The molecule has 0 amide bonds. The van der Waals surface area contributed by atoms with Gasteiger partial charge in [0, 0.05) is 6.07 Å². The molecule has 1 heterocycles. The van der Waals surface area contributed by atoms with Crippen molar-refractivity contribution in [2.45, 2.75) is 39.0 Å². The summed E-state index contributed by atoms with van der Waals surface area (Å²) < 4.78 is 5.69. The zero-order chi connectivity index (χ0) is 14.6. The highest BCUT2D eigenvalue weighted by Gasteiger charge is 2.19. The van der Waals surface area contributed by atoms with Crippen molar-refractivity contribution in [2.75, 3.05) is 5.73 Å². The Hall–Kier alpha value is -2.03. The number of benzene rings is 1. The third kappa shape index (κ3) is 3.50. The van der Waals surface area contributed by atoms with Crippen molar-refractivity contribution < 1.29 is 4.74 Å². The molecule has 0 aliphatic rings. The van der Waals surface area contributed by atoms with Crippen molar-refractivity contribution in [3.63, 3.8) is 0 Å². The molecule has 20 heavy (non-hydrogen) atoms. The predicted molar refractivity (Wildman–Crippen MR) is 83.1 cm³/mol. The van der Waals surface area contributed by atoms with E-state index in [1.54, 1.807) is 18.3 Å². The summed E-state index contributed by atoms with van der Waals surface area (Å²) in [6.45, 7) is 6.76. The van der Waals surface area contributed by atoms with Gasteiger partial charge in [0.25, 0.3) is 0 Å². The van der Waals surface area contributed by atoms with Crippen molar-refractivity contribution >= 4 is 5.69 Å². The van der Waals surface area contributed by atoms with Gasteiger partial charge in [-0.15, -0.1) is 0 Å². The predicted octanol–water partition coefficient (Wildman–Crippen LogP) is 4.53. The number of rotatable bonds is 5. The van der Waals surface area contributed by atoms with Crippen molar-refractivity contribution in [1.29, 1.82) is 0 Å². The van der Waals surface area contributed by atoms with Gasteiger partial charge in [-0.1, -0.05) is 39.3 Å². The van der Waals surface area contributed by atoms with Gasteiger partial charge in [-0.25, -0.2) is 4.98 Å². The summed E-state index contributed by atoms with van der Waals surface area (Å²) in [7, 11) is 0. The number of aromatic nitrogens is 1. The van der Waals surface area contributed by atoms with Gasteiger partial charge in [0.2, 0.25) is 5.88 Å². The lowest BCUT2D eigenvalue weighted by molar-refractivity contribution is 0.457. The van der Waals surface area contributed by atoms with E-state index in [0.29, 0.717) is 11.6 Å². The van der Waals surface area contributed by atoms with Crippen LogP contribution in [0.5, 0.6) is 11.6 Å². The van der Waals surface area contributed by atoms with E-state index in [9.17, 15) is 0 Å². The van der Waals surface area contributed by atoms with Crippen molar-refractivity contribution in [2.24, 2.45) is 0 Å². The zero-order valence-electron chi connectivity index (χ0n) is 12.4. The lowest BCUT2D eigenvalue weighted by Gasteiger charge is -2.24. The van der Waals surface area contributed by atoms with E-state index in [2.05, 4.69) is 37.9 Å². The Morgan fingerprint density at radius 3 is 2.35 bits per heavy atom. The lowest BCUT2D eigenvalue weighted by Crippen LogP contribution is -2.16. The molecule has 1 aromatic heterocycles. The second-order valence-electron chi connectivity index (χ2n) is 5.69. The molecule has 0 atom stereocenters. The van der Waals surface area contributed by atoms with E-state index in [-0.39, 0.29) is 5.41 Å². The minimum absolute atomic E-state index is 0.201. The minimum atomic E-state index is 0.201. The number of pyridine rings is 1. The molecule has 0 saturated heterocycles. The maximum Gasteiger partial charge on any atom is 0.219 e. The molecular formula is C17H22N2O. The van der Waals surface area contributed by atoms with Crippen LogP contribution in [-0.2, 0) is 5.41 Å². The van der Waals surface area contributed by atoms with Gasteiger partial charge in [-0.2, -0.15) is 0 Å². The van der Waals surface area contributed by atoms with E-state index in [0.717, 1.165) is 5.75 Å². The summed E-state index contributed by atoms with van der Waals surface area (Å²) >= 11 is 0. The molecule has 3 heteroatoms. The Labute approximate surface area is 120 Å². The summed E-state index contributed by atoms with van der Waals surface area (Å²) in [6, 6.07) is 11.8. The van der Waals surface area contributed by atoms with Gasteiger partial charge in [0.15, 0.2) is 0 Å². The summed E-state index contributed by atoms with van der Waals surface area (Å²) in [5.74, 6) is 1.35. The molecule has 106 valence electrons.